The molecule has 2 aromatic heterocycles. The van der Waals surface area contributed by atoms with Gasteiger partial charge in [0.05, 0.1) is 11.8 Å². The zero-order valence-electron chi connectivity index (χ0n) is 18.5. The van der Waals surface area contributed by atoms with Gasteiger partial charge in [0.1, 0.15) is 0 Å². The maximum absolute atomic E-state index is 13.7. The first-order valence-corrected chi connectivity index (χ1v) is 12.6. The molecule has 3 aliphatic carbocycles. The number of furan rings is 1. The number of carbonyl (C=O) groups excluding carboxylic acids is 1. The summed E-state index contributed by atoms with van der Waals surface area (Å²) in [5, 5.41) is 5.24. The number of rotatable bonds is 2. The van der Waals surface area contributed by atoms with Gasteiger partial charge in [-0.05, 0) is 50.7 Å². The molecular weight excluding hydrogens is 388 g/mol. The molecule has 1 spiro atoms. The number of hydrogen-bond acceptors (Lipinski definition) is 4. The Kier molecular flexibility index (Phi) is 4.91. The Morgan fingerprint density at radius 2 is 1.71 bits per heavy atom. The van der Waals surface area contributed by atoms with Crippen LogP contribution in [0, 0.1) is 5.92 Å². The van der Waals surface area contributed by atoms with Crippen LogP contribution in [-0.2, 0) is 5.54 Å². The van der Waals surface area contributed by atoms with E-state index in [1.165, 1.54) is 83.5 Å². The smallest absolute Gasteiger partial charge is 0.296 e. The first-order chi connectivity index (χ1) is 15.3. The van der Waals surface area contributed by atoms with Gasteiger partial charge in [-0.2, -0.15) is 10.1 Å². The number of fused-ring (bicyclic) bond motifs is 4. The Hall–Kier alpha value is -2.11. The number of anilines is 1. The molecule has 2 aromatic rings. The summed E-state index contributed by atoms with van der Waals surface area (Å²) in [5.41, 5.74) is 0.0402. The van der Waals surface area contributed by atoms with Crippen molar-refractivity contribution < 1.29 is 9.21 Å². The van der Waals surface area contributed by atoms with Crippen LogP contribution in [0.15, 0.2) is 22.8 Å². The highest BCUT2D eigenvalue weighted by molar-refractivity contribution is 6.04. The summed E-state index contributed by atoms with van der Waals surface area (Å²) in [6.07, 6.45) is 18.7. The van der Waals surface area contributed by atoms with Gasteiger partial charge in [0.25, 0.3) is 5.91 Å². The van der Waals surface area contributed by atoms with Crippen LogP contribution in [0.2, 0.25) is 0 Å². The van der Waals surface area contributed by atoms with Gasteiger partial charge in [-0.25, -0.2) is 4.68 Å². The molecule has 3 saturated carbocycles. The molecule has 2 atom stereocenters. The van der Waals surface area contributed by atoms with Crippen molar-refractivity contribution in [2.24, 2.45) is 5.92 Å². The molecule has 0 saturated heterocycles. The lowest BCUT2D eigenvalue weighted by molar-refractivity contribution is 0.0304. The predicted octanol–water partition coefficient (Wildman–Crippen LogP) is 5.80. The number of nitrogens with zero attached hydrogens (tertiary/aromatic N) is 4. The Balaban J connectivity index is 1.50. The molecule has 6 rings (SSSR count). The van der Waals surface area contributed by atoms with Crippen molar-refractivity contribution in [2.45, 2.75) is 107 Å². The molecule has 166 valence electrons. The molecule has 3 fully saturated rings. The predicted molar refractivity (Wildman–Crippen MR) is 118 cm³/mol. The summed E-state index contributed by atoms with van der Waals surface area (Å²) in [6.45, 7) is 0. The van der Waals surface area contributed by atoms with Gasteiger partial charge in [-0.1, -0.05) is 51.4 Å². The fourth-order valence-corrected chi connectivity index (χ4v) is 7.17. The average molecular weight is 423 g/mol. The maximum Gasteiger partial charge on any atom is 0.296 e. The number of amides is 1. The van der Waals surface area contributed by atoms with Crippen LogP contribution in [0.4, 0.5) is 5.95 Å². The molecule has 31 heavy (non-hydrogen) atoms. The molecule has 0 radical (unpaired) electrons. The number of aromatic nitrogens is 3. The van der Waals surface area contributed by atoms with E-state index in [0.29, 0.717) is 17.6 Å². The Labute approximate surface area is 184 Å². The highest BCUT2D eigenvalue weighted by Crippen LogP contribution is 2.53. The van der Waals surface area contributed by atoms with E-state index in [0.717, 1.165) is 18.2 Å². The van der Waals surface area contributed by atoms with E-state index >= 15 is 0 Å². The minimum atomic E-state index is -0.0450. The highest BCUT2D eigenvalue weighted by atomic mass is 16.3. The maximum atomic E-state index is 13.7. The lowest BCUT2D eigenvalue weighted by Gasteiger charge is -2.55. The van der Waals surface area contributed by atoms with Crippen molar-refractivity contribution in [1.29, 1.82) is 0 Å². The summed E-state index contributed by atoms with van der Waals surface area (Å²) in [5.74, 6) is 3.06. The second-order valence-electron chi connectivity index (χ2n) is 10.3. The first kappa shape index (κ1) is 19.6. The molecule has 6 nitrogen and oxygen atoms in total. The van der Waals surface area contributed by atoms with Gasteiger partial charge in [-0.15, -0.1) is 0 Å². The fourth-order valence-electron chi connectivity index (χ4n) is 7.17. The Morgan fingerprint density at radius 3 is 2.48 bits per heavy atom. The minimum absolute atomic E-state index is 0.0402. The van der Waals surface area contributed by atoms with E-state index in [2.05, 4.69) is 4.68 Å². The third kappa shape index (κ3) is 3.08. The van der Waals surface area contributed by atoms with Crippen LogP contribution < -0.4 is 4.90 Å². The normalized spacial score (nSPS) is 28.3. The largest absolute Gasteiger partial charge is 0.459 e. The molecule has 0 bridgehead atoms. The van der Waals surface area contributed by atoms with Gasteiger partial charge in [0.15, 0.2) is 11.6 Å². The topological polar surface area (TPSA) is 64.2 Å². The van der Waals surface area contributed by atoms with Gasteiger partial charge in [-0.3, -0.25) is 9.69 Å². The molecule has 3 heterocycles. The molecule has 0 N–H and O–H groups in total. The Morgan fingerprint density at radius 1 is 0.968 bits per heavy atom. The second kappa shape index (κ2) is 7.79. The summed E-state index contributed by atoms with van der Waals surface area (Å²) in [6, 6.07) is 3.80. The molecule has 1 amide bonds. The third-order valence-electron chi connectivity index (χ3n) is 8.64. The fraction of sp³-hybridized carbons (Fsp3) is 0.720. The van der Waals surface area contributed by atoms with E-state index < -0.39 is 0 Å². The number of carbonyl (C=O) groups is 1. The molecule has 6 heteroatoms. The molecule has 1 aliphatic heterocycles. The number of hydrogen-bond donors (Lipinski definition) is 0. The Bertz CT molecular complexity index is 921. The van der Waals surface area contributed by atoms with Crippen LogP contribution in [-0.4, -0.2) is 26.7 Å². The van der Waals surface area contributed by atoms with Crippen LogP contribution in [0.1, 0.15) is 112 Å². The van der Waals surface area contributed by atoms with Crippen molar-refractivity contribution in [1.82, 2.24) is 14.8 Å². The van der Waals surface area contributed by atoms with Crippen LogP contribution in [0.5, 0.6) is 0 Å². The lowest BCUT2D eigenvalue weighted by atomic mass is 9.64. The second-order valence-corrected chi connectivity index (χ2v) is 10.3. The molecule has 0 unspecified atom stereocenters. The van der Waals surface area contributed by atoms with Crippen LogP contribution >= 0.6 is 0 Å². The van der Waals surface area contributed by atoms with E-state index in [9.17, 15) is 4.79 Å². The molecule has 4 aliphatic rings. The zero-order valence-corrected chi connectivity index (χ0v) is 18.5. The molecule has 0 aromatic carbocycles. The van der Waals surface area contributed by atoms with E-state index in [-0.39, 0.29) is 17.5 Å². The van der Waals surface area contributed by atoms with Crippen LogP contribution in [0.3, 0.4) is 0 Å². The van der Waals surface area contributed by atoms with E-state index in [1.54, 1.807) is 18.4 Å². The summed E-state index contributed by atoms with van der Waals surface area (Å²) >= 11 is 0. The quantitative estimate of drug-likeness (QED) is 0.614. The monoisotopic (exact) mass is 422 g/mol. The van der Waals surface area contributed by atoms with Crippen molar-refractivity contribution in [3.8, 4) is 0 Å². The van der Waals surface area contributed by atoms with Crippen molar-refractivity contribution in [3.05, 3.63) is 30.0 Å². The van der Waals surface area contributed by atoms with Gasteiger partial charge in [0, 0.05) is 17.9 Å². The standard InChI is InChI=1S/C25H34N4O2/c30-23(21-14-9-17-31-21)28-20-13-6-5-12-19(20)25(15-7-2-8-16-25)29-24(28)26-22(27-29)18-10-3-1-4-11-18/h9,14,17-20H,1-8,10-13,15-16H2/t19-,20+/m1/s1. The highest BCUT2D eigenvalue weighted by Gasteiger charge is 2.55. The van der Waals surface area contributed by atoms with E-state index in [4.69, 9.17) is 14.5 Å². The zero-order chi connectivity index (χ0) is 20.8. The summed E-state index contributed by atoms with van der Waals surface area (Å²) < 4.78 is 7.81. The van der Waals surface area contributed by atoms with Crippen LogP contribution in [0.25, 0.3) is 0 Å². The van der Waals surface area contributed by atoms with Crippen molar-refractivity contribution >= 4 is 11.9 Å². The first-order valence-electron chi connectivity index (χ1n) is 12.6. The van der Waals surface area contributed by atoms with E-state index in [1.807, 2.05) is 4.90 Å². The van der Waals surface area contributed by atoms with Crippen molar-refractivity contribution in [2.75, 3.05) is 4.90 Å². The van der Waals surface area contributed by atoms with Crippen molar-refractivity contribution in [3.63, 3.8) is 0 Å². The van der Waals surface area contributed by atoms with Gasteiger partial charge < -0.3 is 4.42 Å². The SMILES string of the molecule is O=C(c1ccco1)N1c2nc(C3CCCCC3)nn2C2(CCCCC2)[C@@H]2CCCC[C@@H]21. The summed E-state index contributed by atoms with van der Waals surface area (Å²) in [4.78, 5) is 20.8. The average Bonchev–Trinajstić information content (AvgIpc) is 3.52. The van der Waals surface area contributed by atoms with Gasteiger partial charge >= 0.3 is 0 Å². The minimum Gasteiger partial charge on any atom is -0.459 e. The molecular formula is C25H34N4O2. The summed E-state index contributed by atoms with van der Waals surface area (Å²) in [7, 11) is 0. The van der Waals surface area contributed by atoms with Gasteiger partial charge in [0.2, 0.25) is 5.95 Å². The lowest BCUT2D eigenvalue weighted by Crippen LogP contribution is -2.61. The third-order valence-corrected chi connectivity index (χ3v) is 8.64.